The number of hydrogen-bond donors (Lipinski definition) is 2. The molecular weight excluding hydrogens is 303 g/mol. The number of hydrogen-bond acceptors (Lipinski definition) is 4. The average Bonchev–Trinajstić information content (AvgIpc) is 2.79. The van der Waals surface area contributed by atoms with Crippen LogP contribution in [-0.4, -0.2) is 24.0 Å². The Bertz CT molecular complexity index is 639. The van der Waals surface area contributed by atoms with Crippen LogP contribution in [0.4, 0.5) is 18.3 Å². The number of alkyl halides is 3. The molecule has 2 aromatic rings. The van der Waals surface area contributed by atoms with E-state index in [0.29, 0.717) is 28.4 Å². The molecule has 0 fully saturated rings. The fraction of sp³-hybridized carbons (Fsp3) is 0.385. The molecule has 0 saturated heterocycles. The van der Waals surface area contributed by atoms with Gasteiger partial charge in [0, 0.05) is 19.5 Å². The zero-order chi connectivity index (χ0) is 15.5. The number of amides is 1. The third-order valence-electron chi connectivity index (χ3n) is 2.72. The van der Waals surface area contributed by atoms with Crippen molar-refractivity contribution < 1.29 is 18.0 Å². The number of nitrogens with zero attached hydrogens (tertiary/aromatic N) is 1. The van der Waals surface area contributed by atoms with Gasteiger partial charge in [-0.1, -0.05) is 11.3 Å². The average molecular weight is 317 g/mol. The van der Waals surface area contributed by atoms with Gasteiger partial charge in [0.05, 0.1) is 15.8 Å². The van der Waals surface area contributed by atoms with E-state index in [1.165, 1.54) is 17.4 Å². The van der Waals surface area contributed by atoms with Crippen LogP contribution < -0.4 is 10.6 Å². The Labute approximate surface area is 123 Å². The second kappa shape index (κ2) is 6.30. The fourth-order valence-corrected chi connectivity index (χ4v) is 2.62. The smallest absolute Gasteiger partial charge is 0.361 e. The third kappa shape index (κ3) is 4.07. The second-order valence-electron chi connectivity index (χ2n) is 4.33. The molecule has 0 saturated carbocycles. The Hall–Kier alpha value is -1.83. The van der Waals surface area contributed by atoms with E-state index in [4.69, 9.17) is 0 Å². The van der Waals surface area contributed by atoms with Crippen LogP contribution in [0, 0.1) is 0 Å². The number of fused-ring (bicyclic) bond motifs is 1. The molecule has 1 heterocycles. The number of benzene rings is 1. The van der Waals surface area contributed by atoms with Crippen LogP contribution in [-0.2, 0) is 11.0 Å². The normalized spacial score (nSPS) is 11.6. The standard InChI is InChI=1S/C13H14F3N3OS/c1-2-17-11(20)5-6-18-12-19-9-7-8(13(14,15)16)3-4-10(9)21-12/h3-4,7H,2,5-6H2,1H3,(H,17,20)(H,18,19). The van der Waals surface area contributed by atoms with Crippen molar-refractivity contribution in [3.8, 4) is 0 Å². The topological polar surface area (TPSA) is 54.0 Å². The van der Waals surface area contributed by atoms with E-state index in [9.17, 15) is 18.0 Å². The van der Waals surface area contributed by atoms with Gasteiger partial charge in [-0.15, -0.1) is 0 Å². The molecule has 1 amide bonds. The number of thiazole rings is 1. The molecule has 21 heavy (non-hydrogen) atoms. The van der Waals surface area contributed by atoms with Crippen molar-refractivity contribution in [1.29, 1.82) is 0 Å². The van der Waals surface area contributed by atoms with E-state index >= 15 is 0 Å². The van der Waals surface area contributed by atoms with Crippen molar-refractivity contribution in [2.24, 2.45) is 0 Å². The zero-order valence-corrected chi connectivity index (χ0v) is 12.1. The van der Waals surface area contributed by atoms with Gasteiger partial charge in [-0.2, -0.15) is 13.2 Å². The molecule has 1 aromatic heterocycles. The van der Waals surface area contributed by atoms with Crippen molar-refractivity contribution in [3.05, 3.63) is 23.8 Å². The van der Waals surface area contributed by atoms with Gasteiger partial charge in [-0.05, 0) is 25.1 Å². The Kier molecular flexibility index (Phi) is 4.66. The van der Waals surface area contributed by atoms with E-state index in [-0.39, 0.29) is 12.3 Å². The number of rotatable bonds is 5. The number of aromatic nitrogens is 1. The van der Waals surface area contributed by atoms with Gasteiger partial charge in [0.2, 0.25) is 5.91 Å². The summed E-state index contributed by atoms with van der Waals surface area (Å²) in [6.45, 7) is 2.79. The summed E-state index contributed by atoms with van der Waals surface area (Å²) in [5.74, 6) is -0.0783. The molecular formula is C13H14F3N3OS. The summed E-state index contributed by atoms with van der Waals surface area (Å²) >= 11 is 1.26. The molecule has 0 atom stereocenters. The van der Waals surface area contributed by atoms with E-state index in [1.807, 2.05) is 6.92 Å². The lowest BCUT2D eigenvalue weighted by Gasteiger charge is -2.04. The summed E-state index contributed by atoms with van der Waals surface area (Å²) in [4.78, 5) is 15.4. The van der Waals surface area contributed by atoms with Crippen LogP contribution >= 0.6 is 11.3 Å². The van der Waals surface area contributed by atoms with Crippen LogP contribution in [0.2, 0.25) is 0 Å². The lowest BCUT2D eigenvalue weighted by Crippen LogP contribution is -2.24. The molecule has 0 unspecified atom stereocenters. The first-order valence-corrected chi connectivity index (χ1v) is 7.20. The first-order valence-electron chi connectivity index (χ1n) is 6.38. The molecule has 2 rings (SSSR count). The summed E-state index contributed by atoms with van der Waals surface area (Å²) in [6, 6.07) is 3.48. The highest BCUT2D eigenvalue weighted by atomic mass is 32.1. The number of anilines is 1. The summed E-state index contributed by atoms with van der Waals surface area (Å²) < 4.78 is 38.5. The van der Waals surface area contributed by atoms with Crippen molar-refractivity contribution >= 4 is 32.6 Å². The highest BCUT2D eigenvalue weighted by Crippen LogP contribution is 2.33. The molecule has 0 aliphatic carbocycles. The lowest BCUT2D eigenvalue weighted by atomic mass is 10.2. The molecule has 1 aromatic carbocycles. The molecule has 0 aliphatic heterocycles. The molecule has 2 N–H and O–H groups in total. The van der Waals surface area contributed by atoms with Crippen molar-refractivity contribution in [1.82, 2.24) is 10.3 Å². The number of carbonyl (C=O) groups excluding carboxylic acids is 1. The second-order valence-corrected chi connectivity index (χ2v) is 5.36. The van der Waals surface area contributed by atoms with Crippen LogP contribution in [0.15, 0.2) is 18.2 Å². The molecule has 0 aliphatic rings. The van der Waals surface area contributed by atoms with Gasteiger partial charge >= 0.3 is 6.18 Å². The molecule has 0 spiro atoms. The zero-order valence-electron chi connectivity index (χ0n) is 11.3. The first-order chi connectivity index (χ1) is 9.90. The van der Waals surface area contributed by atoms with Crippen molar-refractivity contribution in [2.45, 2.75) is 19.5 Å². The Morgan fingerprint density at radius 1 is 1.38 bits per heavy atom. The third-order valence-corrected chi connectivity index (χ3v) is 3.71. The van der Waals surface area contributed by atoms with Crippen LogP contribution in [0.1, 0.15) is 18.9 Å². The summed E-state index contributed by atoms with van der Waals surface area (Å²) in [5.41, 5.74) is -0.412. The summed E-state index contributed by atoms with van der Waals surface area (Å²) in [7, 11) is 0. The molecule has 0 radical (unpaired) electrons. The van der Waals surface area contributed by atoms with E-state index in [2.05, 4.69) is 15.6 Å². The molecule has 114 valence electrons. The van der Waals surface area contributed by atoms with Crippen LogP contribution in [0.5, 0.6) is 0 Å². The van der Waals surface area contributed by atoms with Gasteiger partial charge in [0.25, 0.3) is 0 Å². The Morgan fingerprint density at radius 3 is 2.81 bits per heavy atom. The molecule has 0 bridgehead atoms. The van der Waals surface area contributed by atoms with Gasteiger partial charge in [0.1, 0.15) is 0 Å². The lowest BCUT2D eigenvalue weighted by molar-refractivity contribution is -0.137. The van der Waals surface area contributed by atoms with Gasteiger partial charge < -0.3 is 10.6 Å². The van der Waals surface area contributed by atoms with Gasteiger partial charge in [-0.3, -0.25) is 4.79 Å². The summed E-state index contributed by atoms with van der Waals surface area (Å²) in [5, 5.41) is 6.12. The largest absolute Gasteiger partial charge is 0.416 e. The predicted molar refractivity (Wildman–Crippen MR) is 76.4 cm³/mol. The van der Waals surface area contributed by atoms with Gasteiger partial charge in [0.15, 0.2) is 5.13 Å². The summed E-state index contributed by atoms with van der Waals surface area (Å²) in [6.07, 6.45) is -4.08. The predicted octanol–water partition coefficient (Wildman–Crippen LogP) is 3.25. The Morgan fingerprint density at radius 2 is 2.14 bits per heavy atom. The minimum Gasteiger partial charge on any atom is -0.361 e. The van der Waals surface area contributed by atoms with Crippen LogP contribution in [0.3, 0.4) is 0 Å². The van der Waals surface area contributed by atoms with Gasteiger partial charge in [-0.25, -0.2) is 4.98 Å². The number of nitrogens with one attached hydrogen (secondary N) is 2. The minimum atomic E-state index is -4.37. The first kappa shape index (κ1) is 15.6. The highest BCUT2D eigenvalue weighted by molar-refractivity contribution is 7.22. The maximum Gasteiger partial charge on any atom is 0.416 e. The molecule has 8 heteroatoms. The maximum atomic E-state index is 12.6. The number of carbonyl (C=O) groups is 1. The minimum absolute atomic E-state index is 0.0783. The number of halogens is 3. The Balaban J connectivity index is 2.04. The monoisotopic (exact) mass is 317 g/mol. The van der Waals surface area contributed by atoms with Crippen molar-refractivity contribution in [2.75, 3.05) is 18.4 Å². The highest BCUT2D eigenvalue weighted by Gasteiger charge is 2.30. The molecule has 4 nitrogen and oxygen atoms in total. The quantitative estimate of drug-likeness (QED) is 0.890. The maximum absolute atomic E-state index is 12.6. The SMILES string of the molecule is CCNC(=O)CCNc1nc2cc(C(F)(F)F)ccc2s1. The fourth-order valence-electron chi connectivity index (χ4n) is 1.75. The van der Waals surface area contributed by atoms with E-state index in [0.717, 1.165) is 12.1 Å². The van der Waals surface area contributed by atoms with E-state index in [1.54, 1.807) is 0 Å². The van der Waals surface area contributed by atoms with E-state index < -0.39 is 11.7 Å². The van der Waals surface area contributed by atoms with Crippen molar-refractivity contribution in [3.63, 3.8) is 0 Å². The van der Waals surface area contributed by atoms with Crippen LogP contribution in [0.25, 0.3) is 10.2 Å².